The third kappa shape index (κ3) is 8.60. The summed E-state index contributed by atoms with van der Waals surface area (Å²) in [6.07, 6.45) is -2.75. The molecule has 0 saturated heterocycles. The van der Waals surface area contributed by atoms with Gasteiger partial charge in [-0.2, -0.15) is 0 Å². The molecule has 9 nitrogen and oxygen atoms in total. The number of phosphoric acid groups is 1. The second-order valence-corrected chi connectivity index (χ2v) is 4.24. The third-order valence-electron chi connectivity index (χ3n) is 1.60. The predicted octanol–water partition coefficient (Wildman–Crippen LogP) is -2.12. The predicted molar refractivity (Wildman–Crippen MR) is 52.2 cm³/mol. The van der Waals surface area contributed by atoms with Crippen molar-refractivity contribution in [3.05, 3.63) is 0 Å². The van der Waals surface area contributed by atoms with Crippen molar-refractivity contribution in [2.45, 2.75) is 18.6 Å². The van der Waals surface area contributed by atoms with Gasteiger partial charge in [0.05, 0.1) is 12.7 Å². The zero-order valence-corrected chi connectivity index (χ0v) is 9.21. The van der Waals surface area contributed by atoms with Crippen molar-refractivity contribution in [3.8, 4) is 0 Å². The van der Waals surface area contributed by atoms with E-state index in [0.717, 1.165) is 0 Å². The summed E-state index contributed by atoms with van der Waals surface area (Å²) in [4.78, 5) is 26.9. The molecule has 10 heteroatoms. The molecule has 0 bridgehead atoms. The van der Waals surface area contributed by atoms with Crippen LogP contribution in [0.5, 0.6) is 0 Å². The Bertz CT molecular complexity index is 268. The van der Waals surface area contributed by atoms with E-state index in [1.54, 1.807) is 0 Å². The highest BCUT2D eigenvalue weighted by molar-refractivity contribution is 7.46. The molecule has 2 amide bonds. The minimum atomic E-state index is -4.66. The molecule has 0 aliphatic rings. The summed E-state index contributed by atoms with van der Waals surface area (Å²) in [7, 11) is -4.66. The van der Waals surface area contributed by atoms with Crippen LogP contribution in [0.25, 0.3) is 0 Å². The van der Waals surface area contributed by atoms with Crippen molar-refractivity contribution in [2.24, 2.45) is 5.73 Å². The number of hydrogen-bond acceptors (Lipinski definition) is 5. The van der Waals surface area contributed by atoms with Crippen molar-refractivity contribution in [3.63, 3.8) is 0 Å². The van der Waals surface area contributed by atoms with Crippen LogP contribution in [0, 0.1) is 0 Å². The van der Waals surface area contributed by atoms with E-state index in [0.29, 0.717) is 0 Å². The largest absolute Gasteiger partial charge is 0.469 e. The van der Waals surface area contributed by atoms with Gasteiger partial charge in [0.15, 0.2) is 0 Å². The summed E-state index contributed by atoms with van der Waals surface area (Å²) in [6.45, 7) is -0.675. The summed E-state index contributed by atoms with van der Waals surface area (Å²) < 4.78 is 14.3. The highest BCUT2D eigenvalue weighted by Crippen LogP contribution is 2.35. The molecule has 16 heavy (non-hydrogen) atoms. The van der Waals surface area contributed by atoms with Crippen LogP contribution in [0.1, 0.15) is 6.42 Å². The molecular formula is C6H15N2O7P. The number of urea groups is 1. The average Bonchev–Trinajstić information content (AvgIpc) is 2.12. The molecule has 0 aromatic rings. The lowest BCUT2D eigenvalue weighted by atomic mass is 10.1. The molecule has 0 saturated carbocycles. The number of hydrogen-bond donors (Lipinski definition) is 6. The molecular weight excluding hydrogens is 243 g/mol. The van der Waals surface area contributed by atoms with Gasteiger partial charge in [-0.05, 0) is 6.42 Å². The van der Waals surface area contributed by atoms with E-state index < -0.39 is 32.7 Å². The normalized spacial score (nSPS) is 15.5. The molecule has 2 atom stereocenters. The molecule has 0 fully saturated rings. The minimum Gasteiger partial charge on any atom is -0.390 e. The van der Waals surface area contributed by atoms with Crippen LogP contribution >= 0.6 is 7.82 Å². The Morgan fingerprint density at radius 3 is 2.38 bits per heavy atom. The highest BCUT2D eigenvalue weighted by atomic mass is 31.2. The molecule has 0 heterocycles. The lowest BCUT2D eigenvalue weighted by Gasteiger charge is -2.17. The maximum Gasteiger partial charge on any atom is 0.469 e. The van der Waals surface area contributed by atoms with Gasteiger partial charge in [-0.1, -0.05) is 0 Å². The molecule has 7 N–H and O–H groups in total. The van der Waals surface area contributed by atoms with Gasteiger partial charge in [0.1, 0.15) is 6.10 Å². The minimum absolute atomic E-state index is 0.0192. The van der Waals surface area contributed by atoms with Crippen LogP contribution in [0.2, 0.25) is 0 Å². The molecule has 96 valence electrons. The Morgan fingerprint density at radius 1 is 1.38 bits per heavy atom. The smallest absolute Gasteiger partial charge is 0.390 e. The van der Waals surface area contributed by atoms with Crippen LogP contribution in [-0.4, -0.2) is 51.4 Å². The summed E-state index contributed by atoms with van der Waals surface area (Å²) in [5, 5.41) is 20.6. The lowest BCUT2D eigenvalue weighted by molar-refractivity contribution is -0.0165. The van der Waals surface area contributed by atoms with Crippen molar-refractivity contribution < 1.29 is 33.9 Å². The molecule has 0 spiro atoms. The quantitative estimate of drug-likeness (QED) is 0.284. The first-order chi connectivity index (χ1) is 7.22. The van der Waals surface area contributed by atoms with Crippen LogP contribution < -0.4 is 11.1 Å². The SMILES string of the molecule is NC(=O)NCC[C@H](O)[C@@H](O)COP(=O)(O)O. The Kier molecular flexibility index (Phi) is 6.49. The van der Waals surface area contributed by atoms with Crippen molar-refractivity contribution >= 4 is 13.9 Å². The van der Waals surface area contributed by atoms with Crippen LogP contribution in [-0.2, 0) is 9.09 Å². The number of nitrogens with two attached hydrogens (primary N) is 1. The average molecular weight is 258 g/mol. The van der Waals surface area contributed by atoms with E-state index in [4.69, 9.17) is 15.5 Å². The summed E-state index contributed by atoms with van der Waals surface area (Å²) in [5.74, 6) is 0. The first kappa shape index (κ1) is 15.3. The van der Waals surface area contributed by atoms with Crippen LogP contribution in [0.4, 0.5) is 4.79 Å². The first-order valence-corrected chi connectivity index (χ1v) is 5.85. The second-order valence-electron chi connectivity index (χ2n) is 3.00. The summed E-state index contributed by atoms with van der Waals surface area (Å²) in [5.41, 5.74) is 4.75. The fourth-order valence-corrected chi connectivity index (χ4v) is 1.17. The number of aliphatic hydroxyl groups is 2. The number of phosphoric ester groups is 1. The Labute approximate surface area is 91.5 Å². The monoisotopic (exact) mass is 258 g/mol. The van der Waals surface area contributed by atoms with Crippen molar-refractivity contribution in [1.82, 2.24) is 5.32 Å². The van der Waals surface area contributed by atoms with E-state index >= 15 is 0 Å². The summed E-state index contributed by atoms with van der Waals surface area (Å²) in [6, 6.07) is -0.770. The van der Waals surface area contributed by atoms with E-state index in [1.807, 2.05) is 0 Å². The Balaban J connectivity index is 3.77. The van der Waals surface area contributed by atoms with Gasteiger partial charge in [0.25, 0.3) is 0 Å². The van der Waals surface area contributed by atoms with Gasteiger partial charge >= 0.3 is 13.9 Å². The number of carbonyl (C=O) groups is 1. The van der Waals surface area contributed by atoms with Gasteiger partial charge < -0.3 is 31.1 Å². The van der Waals surface area contributed by atoms with Crippen molar-refractivity contribution in [2.75, 3.05) is 13.2 Å². The number of primary amides is 1. The van der Waals surface area contributed by atoms with E-state index in [1.165, 1.54) is 0 Å². The zero-order chi connectivity index (χ0) is 12.8. The third-order valence-corrected chi connectivity index (χ3v) is 2.08. The standard InChI is InChI=1S/C6H15N2O7P/c7-6(11)8-2-1-4(9)5(10)3-15-16(12,13)14/h4-5,9-10H,1-3H2,(H3,7,8,11)(H2,12,13,14)/t4-,5-/m0/s1. The van der Waals surface area contributed by atoms with Gasteiger partial charge in [-0.15, -0.1) is 0 Å². The molecule has 0 aromatic carbocycles. The fraction of sp³-hybridized carbons (Fsp3) is 0.833. The maximum absolute atomic E-state index is 10.3. The molecule has 0 rings (SSSR count). The molecule has 0 aliphatic heterocycles. The second kappa shape index (κ2) is 6.79. The molecule has 0 aliphatic carbocycles. The number of aliphatic hydroxyl groups excluding tert-OH is 2. The number of carbonyl (C=O) groups excluding carboxylic acids is 1. The number of rotatable bonds is 7. The maximum atomic E-state index is 10.3. The van der Waals surface area contributed by atoms with E-state index in [-0.39, 0.29) is 13.0 Å². The number of amides is 2. The fourth-order valence-electron chi connectivity index (χ4n) is 0.820. The van der Waals surface area contributed by atoms with Gasteiger partial charge in [-0.25, -0.2) is 9.36 Å². The van der Waals surface area contributed by atoms with Crippen LogP contribution in [0.15, 0.2) is 0 Å². The lowest BCUT2D eigenvalue weighted by Crippen LogP contribution is -2.36. The molecule has 0 aromatic heterocycles. The van der Waals surface area contributed by atoms with Crippen LogP contribution in [0.3, 0.4) is 0 Å². The van der Waals surface area contributed by atoms with Gasteiger partial charge in [0, 0.05) is 6.54 Å². The highest BCUT2D eigenvalue weighted by Gasteiger charge is 2.21. The number of nitrogens with one attached hydrogen (secondary N) is 1. The van der Waals surface area contributed by atoms with Gasteiger partial charge in [0.2, 0.25) is 0 Å². The zero-order valence-electron chi connectivity index (χ0n) is 8.31. The molecule has 0 unspecified atom stereocenters. The first-order valence-electron chi connectivity index (χ1n) is 4.32. The van der Waals surface area contributed by atoms with Gasteiger partial charge in [-0.3, -0.25) is 4.52 Å². The van der Waals surface area contributed by atoms with E-state index in [9.17, 15) is 19.6 Å². The molecule has 0 radical (unpaired) electrons. The van der Waals surface area contributed by atoms with Crippen molar-refractivity contribution in [1.29, 1.82) is 0 Å². The Hall–Kier alpha value is -0.700. The van der Waals surface area contributed by atoms with E-state index in [2.05, 4.69) is 9.84 Å². The Morgan fingerprint density at radius 2 is 1.94 bits per heavy atom. The topological polar surface area (TPSA) is 162 Å². The summed E-state index contributed by atoms with van der Waals surface area (Å²) >= 11 is 0.